The fourth-order valence-corrected chi connectivity index (χ4v) is 3.45. The quantitative estimate of drug-likeness (QED) is 0.147. The van der Waals surface area contributed by atoms with E-state index < -0.39 is 12.2 Å². The van der Waals surface area contributed by atoms with Crippen molar-refractivity contribution in [3.05, 3.63) is 95.0 Å². The molecule has 0 radical (unpaired) electrons. The molecule has 7 nitrogen and oxygen atoms in total. The molecule has 0 bridgehead atoms. The van der Waals surface area contributed by atoms with Crippen LogP contribution >= 0.6 is 15.9 Å². The molecule has 0 aromatic heterocycles. The lowest BCUT2D eigenvalue weighted by Gasteiger charge is -2.18. The molecule has 8 heteroatoms. The number of hydrogen-bond acceptors (Lipinski definition) is 5. The Morgan fingerprint density at radius 2 is 1.71 bits per heavy atom. The summed E-state index contributed by atoms with van der Waals surface area (Å²) in [5, 5.41) is 15.0. The van der Waals surface area contributed by atoms with Crippen molar-refractivity contribution in [3.63, 3.8) is 0 Å². The number of nitrogens with one attached hydrogen (secondary N) is 2. The van der Waals surface area contributed by atoms with Gasteiger partial charge in [0.15, 0.2) is 0 Å². The second kappa shape index (κ2) is 12.5. The highest BCUT2D eigenvalue weighted by atomic mass is 79.9. The molecule has 0 saturated heterocycles. The maximum absolute atomic E-state index is 12.5. The summed E-state index contributed by atoms with van der Waals surface area (Å²) in [6.07, 6.45) is 3.97. The van der Waals surface area contributed by atoms with Gasteiger partial charge in [0, 0.05) is 10.2 Å². The van der Waals surface area contributed by atoms with Gasteiger partial charge in [0.25, 0.3) is 0 Å². The van der Waals surface area contributed by atoms with E-state index in [0.29, 0.717) is 36.3 Å². The van der Waals surface area contributed by atoms with Crippen molar-refractivity contribution in [1.82, 2.24) is 0 Å². The van der Waals surface area contributed by atoms with Gasteiger partial charge in [0.1, 0.15) is 11.9 Å². The Kier molecular flexibility index (Phi) is 9.11. The standard InChI is InChI=1S/C26H26BrN3O4/c27-19-12-14-20(15-13-19)29-26(33)34-24(18-10-16-21(31)17-11-18)8-2-1-3-9-25(32)30-23-7-5-4-6-22(23)28/h3-7,9-17,24,31H,1-2,8,28H2,(H,29,33)(H,30,32)/b9-3+/t24-/m0/s1. The molecule has 2 amide bonds. The van der Waals surface area contributed by atoms with Crippen LogP contribution in [0.2, 0.25) is 0 Å². The van der Waals surface area contributed by atoms with Crippen LogP contribution in [0.4, 0.5) is 21.9 Å². The van der Waals surface area contributed by atoms with E-state index in [1.807, 2.05) is 12.1 Å². The summed E-state index contributed by atoms with van der Waals surface area (Å²) in [6, 6.07) is 20.8. The molecular formula is C26H26BrN3O4. The van der Waals surface area contributed by atoms with Gasteiger partial charge in [-0.2, -0.15) is 0 Å². The van der Waals surface area contributed by atoms with E-state index in [9.17, 15) is 14.7 Å². The second-order valence-electron chi connectivity index (χ2n) is 7.53. The van der Waals surface area contributed by atoms with Gasteiger partial charge >= 0.3 is 6.09 Å². The summed E-state index contributed by atoms with van der Waals surface area (Å²) in [6.45, 7) is 0. The second-order valence-corrected chi connectivity index (χ2v) is 8.44. The van der Waals surface area contributed by atoms with Crippen molar-refractivity contribution < 1.29 is 19.4 Å². The van der Waals surface area contributed by atoms with Crippen LogP contribution in [0.3, 0.4) is 0 Å². The highest BCUT2D eigenvalue weighted by Crippen LogP contribution is 2.26. The predicted octanol–water partition coefficient (Wildman–Crippen LogP) is 6.39. The van der Waals surface area contributed by atoms with Crippen LogP contribution in [0.25, 0.3) is 0 Å². The number of rotatable bonds is 9. The van der Waals surface area contributed by atoms with Crippen LogP contribution in [0.5, 0.6) is 5.75 Å². The molecule has 1 atom stereocenters. The Balaban J connectivity index is 1.54. The number of benzene rings is 3. The fourth-order valence-electron chi connectivity index (χ4n) is 3.19. The van der Waals surface area contributed by atoms with Crippen LogP contribution in [0, 0.1) is 0 Å². The molecule has 0 fully saturated rings. The van der Waals surface area contributed by atoms with Gasteiger partial charge in [0.2, 0.25) is 5.91 Å². The first-order valence-corrected chi connectivity index (χ1v) is 11.5. The van der Waals surface area contributed by atoms with Crippen molar-refractivity contribution >= 4 is 45.0 Å². The van der Waals surface area contributed by atoms with Crippen molar-refractivity contribution in [2.45, 2.75) is 25.4 Å². The number of nitrogen functional groups attached to an aromatic ring is 1. The molecule has 176 valence electrons. The number of carbonyl (C=O) groups is 2. The van der Waals surface area contributed by atoms with Crippen molar-refractivity contribution in [3.8, 4) is 5.75 Å². The number of carbonyl (C=O) groups excluding carboxylic acids is 2. The molecule has 0 unspecified atom stereocenters. The molecule has 0 spiro atoms. The van der Waals surface area contributed by atoms with Crippen LogP contribution < -0.4 is 16.4 Å². The fraction of sp³-hybridized carbons (Fsp3) is 0.154. The van der Waals surface area contributed by atoms with E-state index >= 15 is 0 Å². The number of anilines is 3. The maximum Gasteiger partial charge on any atom is 0.412 e. The van der Waals surface area contributed by atoms with Gasteiger partial charge < -0.3 is 20.9 Å². The van der Waals surface area contributed by atoms with Crippen LogP contribution in [-0.4, -0.2) is 17.1 Å². The van der Waals surface area contributed by atoms with E-state index in [4.69, 9.17) is 10.5 Å². The lowest BCUT2D eigenvalue weighted by molar-refractivity contribution is -0.111. The Bertz CT molecular complexity index is 1130. The lowest BCUT2D eigenvalue weighted by atomic mass is 10.0. The van der Waals surface area contributed by atoms with Crippen molar-refractivity contribution in [1.29, 1.82) is 0 Å². The number of halogens is 1. The minimum absolute atomic E-state index is 0.134. The van der Waals surface area contributed by atoms with Gasteiger partial charge in [-0.3, -0.25) is 10.1 Å². The first-order valence-electron chi connectivity index (χ1n) is 10.7. The first-order chi connectivity index (χ1) is 16.4. The molecule has 0 heterocycles. The molecule has 3 aromatic carbocycles. The number of phenolic OH excluding ortho intramolecular Hbond substituents is 1. The minimum Gasteiger partial charge on any atom is -0.508 e. The number of aromatic hydroxyl groups is 1. The predicted molar refractivity (Wildman–Crippen MR) is 138 cm³/mol. The lowest BCUT2D eigenvalue weighted by Crippen LogP contribution is -2.17. The minimum atomic E-state index is -0.573. The Labute approximate surface area is 206 Å². The number of allylic oxidation sites excluding steroid dienone is 1. The largest absolute Gasteiger partial charge is 0.508 e. The first kappa shape index (κ1) is 24.9. The summed E-state index contributed by atoms with van der Waals surface area (Å²) < 4.78 is 6.57. The molecule has 0 aliphatic heterocycles. The van der Waals surface area contributed by atoms with E-state index in [-0.39, 0.29) is 11.7 Å². The monoisotopic (exact) mass is 523 g/mol. The van der Waals surface area contributed by atoms with Crippen LogP contribution in [-0.2, 0) is 9.53 Å². The molecule has 34 heavy (non-hydrogen) atoms. The summed E-state index contributed by atoms with van der Waals surface area (Å²) >= 11 is 3.36. The molecule has 0 saturated carbocycles. The van der Waals surface area contributed by atoms with Gasteiger partial charge in [-0.25, -0.2) is 4.79 Å². The topological polar surface area (TPSA) is 114 Å². The normalized spacial score (nSPS) is 11.7. The number of para-hydroxylation sites is 2. The van der Waals surface area contributed by atoms with Gasteiger partial charge in [-0.1, -0.05) is 46.3 Å². The zero-order chi connectivity index (χ0) is 24.3. The van der Waals surface area contributed by atoms with Crippen LogP contribution in [0.1, 0.15) is 30.9 Å². The zero-order valence-corrected chi connectivity index (χ0v) is 20.0. The van der Waals surface area contributed by atoms with Crippen molar-refractivity contribution in [2.75, 3.05) is 16.4 Å². The Morgan fingerprint density at radius 3 is 2.41 bits per heavy atom. The van der Waals surface area contributed by atoms with E-state index in [2.05, 4.69) is 26.6 Å². The molecular weight excluding hydrogens is 498 g/mol. The van der Waals surface area contributed by atoms with Gasteiger partial charge in [0.05, 0.1) is 11.4 Å². The smallest absolute Gasteiger partial charge is 0.412 e. The number of unbranched alkanes of at least 4 members (excludes halogenated alkanes) is 1. The maximum atomic E-state index is 12.5. The molecule has 5 N–H and O–H groups in total. The molecule has 0 aliphatic rings. The summed E-state index contributed by atoms with van der Waals surface area (Å²) in [4.78, 5) is 24.6. The summed E-state index contributed by atoms with van der Waals surface area (Å²) in [7, 11) is 0. The number of hydrogen-bond donors (Lipinski definition) is 4. The summed E-state index contributed by atoms with van der Waals surface area (Å²) in [5.74, 6) is -0.132. The summed E-state index contributed by atoms with van der Waals surface area (Å²) in [5.41, 5.74) is 8.28. The number of amides is 2. The highest BCUT2D eigenvalue weighted by Gasteiger charge is 2.17. The number of nitrogens with two attached hydrogens (primary N) is 1. The third-order valence-electron chi connectivity index (χ3n) is 4.93. The zero-order valence-electron chi connectivity index (χ0n) is 18.4. The van der Waals surface area contributed by atoms with Crippen LogP contribution in [0.15, 0.2) is 89.4 Å². The van der Waals surface area contributed by atoms with E-state index in [1.165, 1.54) is 6.08 Å². The van der Waals surface area contributed by atoms with E-state index in [1.54, 1.807) is 66.7 Å². The third kappa shape index (κ3) is 7.97. The Morgan fingerprint density at radius 1 is 1.00 bits per heavy atom. The molecule has 3 rings (SSSR count). The van der Waals surface area contributed by atoms with Crippen molar-refractivity contribution in [2.24, 2.45) is 0 Å². The average Bonchev–Trinajstić information content (AvgIpc) is 2.81. The van der Waals surface area contributed by atoms with Gasteiger partial charge in [-0.05, 0) is 79.4 Å². The molecule has 3 aromatic rings. The Hall–Kier alpha value is -3.78. The SMILES string of the molecule is Nc1ccccc1NC(=O)/C=C/CCC[C@H](OC(=O)Nc1ccc(Br)cc1)c1ccc(O)cc1. The average molecular weight is 524 g/mol. The third-order valence-corrected chi connectivity index (χ3v) is 5.46. The van der Waals surface area contributed by atoms with Gasteiger partial charge in [-0.15, -0.1) is 0 Å². The number of phenols is 1. The highest BCUT2D eigenvalue weighted by molar-refractivity contribution is 9.10. The van der Waals surface area contributed by atoms with E-state index in [0.717, 1.165) is 10.0 Å². The molecule has 0 aliphatic carbocycles. The number of ether oxygens (including phenoxy) is 1.